The van der Waals surface area contributed by atoms with Gasteiger partial charge in [0.2, 0.25) is 11.7 Å². The van der Waals surface area contributed by atoms with Crippen molar-refractivity contribution in [2.75, 3.05) is 18.9 Å². The Morgan fingerprint density at radius 2 is 1.94 bits per heavy atom. The van der Waals surface area contributed by atoms with Gasteiger partial charge in [-0.25, -0.2) is 4.79 Å². The summed E-state index contributed by atoms with van der Waals surface area (Å²) in [5.41, 5.74) is -0.569. The molecule has 4 amide bonds. The van der Waals surface area contributed by atoms with Gasteiger partial charge in [0.05, 0.1) is 17.3 Å². The van der Waals surface area contributed by atoms with E-state index in [1.165, 1.54) is 13.1 Å². The third-order valence-corrected chi connectivity index (χ3v) is 5.20. The highest BCUT2D eigenvalue weighted by atomic mass is 35.5. The molecule has 1 unspecified atom stereocenters. The zero-order valence-electron chi connectivity index (χ0n) is 18.0. The lowest BCUT2D eigenvalue weighted by molar-refractivity contribution is -0.196. The average Bonchev–Trinajstić information content (AvgIpc) is 3.16. The number of carbonyl (C=O) groups excluding carboxylic acids is 5. The highest BCUT2D eigenvalue weighted by Crippen LogP contribution is 2.25. The predicted molar refractivity (Wildman–Crippen MR) is 113 cm³/mol. The Hall–Kier alpha value is -3.35. The highest BCUT2D eigenvalue weighted by molar-refractivity contribution is 6.38. The van der Waals surface area contributed by atoms with Crippen LogP contribution in [0.5, 0.6) is 0 Å². The molecule has 1 aromatic rings. The topological polar surface area (TPSA) is 143 Å². The van der Waals surface area contributed by atoms with Gasteiger partial charge in [0, 0.05) is 24.5 Å². The fourth-order valence-electron chi connectivity index (χ4n) is 3.08. The van der Waals surface area contributed by atoms with E-state index in [-0.39, 0.29) is 28.6 Å². The van der Waals surface area contributed by atoms with Crippen molar-refractivity contribution in [3.05, 3.63) is 28.8 Å². The summed E-state index contributed by atoms with van der Waals surface area (Å²) in [4.78, 5) is 61.1. The van der Waals surface area contributed by atoms with Crippen molar-refractivity contribution in [1.82, 2.24) is 16.0 Å². The van der Waals surface area contributed by atoms with Gasteiger partial charge in [0.1, 0.15) is 0 Å². The number of hydrogen-bond donors (Lipinski definition) is 4. The number of carbonyl (C=O) groups is 5. The number of hydrogen-bond acceptors (Lipinski definition) is 6. The van der Waals surface area contributed by atoms with Crippen LogP contribution >= 0.6 is 11.6 Å². The Kier molecular flexibility index (Phi) is 8.85. The molecular formula is C20H22ClF3N4O6. The van der Waals surface area contributed by atoms with E-state index in [1.807, 2.05) is 5.32 Å². The molecule has 4 N–H and O–H groups in total. The second kappa shape index (κ2) is 11.2. The van der Waals surface area contributed by atoms with Crippen LogP contribution in [0.2, 0.25) is 5.02 Å². The third-order valence-electron chi connectivity index (χ3n) is 4.96. The van der Waals surface area contributed by atoms with Gasteiger partial charge in [0.15, 0.2) is 6.10 Å². The third kappa shape index (κ3) is 7.07. The van der Waals surface area contributed by atoms with Crippen LogP contribution in [0.4, 0.5) is 23.7 Å². The molecule has 0 aliphatic carbocycles. The number of nitrogens with one attached hydrogen (secondary N) is 4. The lowest BCUT2D eigenvalue weighted by Gasteiger charge is -2.21. The zero-order valence-corrected chi connectivity index (χ0v) is 18.8. The van der Waals surface area contributed by atoms with E-state index < -0.39 is 47.9 Å². The van der Waals surface area contributed by atoms with Crippen LogP contribution in [0, 0.1) is 5.92 Å². The molecule has 0 saturated carbocycles. The lowest BCUT2D eigenvalue weighted by Crippen LogP contribution is -2.48. The molecule has 1 aliphatic rings. The van der Waals surface area contributed by atoms with E-state index in [0.717, 1.165) is 12.1 Å². The fourth-order valence-corrected chi connectivity index (χ4v) is 3.26. The Morgan fingerprint density at radius 3 is 2.50 bits per heavy atom. The minimum absolute atomic E-state index is 0.0390. The maximum atomic E-state index is 12.9. The molecule has 186 valence electrons. The van der Waals surface area contributed by atoms with Gasteiger partial charge < -0.3 is 20.7 Å². The molecule has 1 aliphatic heterocycles. The minimum atomic E-state index is -4.79. The molecule has 3 atom stereocenters. The normalized spacial score (nSPS) is 17.2. The number of amides is 4. The molecular weight excluding hydrogens is 485 g/mol. The Morgan fingerprint density at radius 1 is 1.26 bits per heavy atom. The second-order valence-electron chi connectivity index (χ2n) is 7.39. The number of alkyl halides is 3. The monoisotopic (exact) mass is 506 g/mol. The number of rotatable bonds is 8. The summed E-state index contributed by atoms with van der Waals surface area (Å²) in [5.74, 6) is -3.95. The minimum Gasteiger partial charge on any atom is -0.437 e. The van der Waals surface area contributed by atoms with E-state index >= 15 is 0 Å². The van der Waals surface area contributed by atoms with Crippen molar-refractivity contribution < 1.29 is 41.9 Å². The summed E-state index contributed by atoms with van der Waals surface area (Å²) in [6, 6.07) is 2.11. The predicted octanol–water partition coefficient (Wildman–Crippen LogP) is 1.78. The summed E-state index contributed by atoms with van der Waals surface area (Å²) >= 11 is 5.91. The molecule has 1 fully saturated rings. The van der Waals surface area contributed by atoms with Crippen molar-refractivity contribution in [3.63, 3.8) is 0 Å². The number of benzene rings is 1. The van der Waals surface area contributed by atoms with E-state index in [4.69, 9.17) is 11.6 Å². The quantitative estimate of drug-likeness (QED) is 0.396. The van der Waals surface area contributed by atoms with Gasteiger partial charge >= 0.3 is 12.3 Å². The number of ketones is 1. The highest BCUT2D eigenvalue weighted by Gasteiger charge is 2.39. The summed E-state index contributed by atoms with van der Waals surface area (Å²) in [6.07, 6.45) is -8.47. The number of Topliss-reactive ketones (excluding diaryl/α,β-unsaturated/α-hetero) is 1. The summed E-state index contributed by atoms with van der Waals surface area (Å²) in [6.45, 7) is 1.00. The van der Waals surface area contributed by atoms with Gasteiger partial charge in [-0.15, -0.1) is 0 Å². The van der Waals surface area contributed by atoms with Crippen LogP contribution < -0.4 is 21.3 Å². The van der Waals surface area contributed by atoms with Crippen molar-refractivity contribution in [2.45, 2.75) is 38.1 Å². The molecule has 34 heavy (non-hydrogen) atoms. The first kappa shape index (κ1) is 26.9. The van der Waals surface area contributed by atoms with E-state index in [0.29, 0.717) is 19.9 Å². The van der Waals surface area contributed by atoms with E-state index in [2.05, 4.69) is 20.7 Å². The van der Waals surface area contributed by atoms with Crippen LogP contribution in [0.25, 0.3) is 0 Å². The molecule has 1 heterocycles. The van der Waals surface area contributed by atoms with Crippen molar-refractivity contribution in [1.29, 1.82) is 0 Å². The zero-order chi connectivity index (χ0) is 25.6. The van der Waals surface area contributed by atoms with Gasteiger partial charge in [-0.1, -0.05) is 11.6 Å². The largest absolute Gasteiger partial charge is 0.437 e. The summed E-state index contributed by atoms with van der Waals surface area (Å²) < 4.78 is 42.2. The number of ether oxygens (including phenoxy) is 1. The fraction of sp³-hybridized carbons (Fsp3) is 0.450. The van der Waals surface area contributed by atoms with E-state index in [9.17, 15) is 37.1 Å². The molecule has 2 rings (SSSR count). The summed E-state index contributed by atoms with van der Waals surface area (Å²) in [7, 11) is 1.22. The van der Waals surface area contributed by atoms with Crippen molar-refractivity contribution in [3.8, 4) is 0 Å². The molecule has 10 nitrogen and oxygen atoms in total. The first-order valence-corrected chi connectivity index (χ1v) is 10.4. The first-order chi connectivity index (χ1) is 15.8. The molecule has 1 aromatic carbocycles. The summed E-state index contributed by atoms with van der Waals surface area (Å²) in [5, 5.41) is 9.14. The van der Waals surface area contributed by atoms with Crippen molar-refractivity contribution >= 4 is 46.9 Å². The molecule has 0 radical (unpaired) electrons. The lowest BCUT2D eigenvalue weighted by atomic mass is 9.95. The molecule has 0 bridgehead atoms. The standard InChI is InChI=1S/C20H22ClF3N4O6/c1-9(20(22,23)24)34-19(33)28-13-4-3-11(21)8-12(13)17(31)27-14(15(29)18(32)25-2)7-10-5-6-26-16(10)30/h3-4,8-10,14H,5-7H2,1-2H3,(H,25,32)(H,26,30)(H,27,31)(H,28,33)/t9?,10-,14-/m0/s1. The van der Waals surface area contributed by atoms with Gasteiger partial charge in [0.25, 0.3) is 11.8 Å². The van der Waals surface area contributed by atoms with Gasteiger partial charge in [-0.05, 0) is 38.0 Å². The maximum absolute atomic E-state index is 12.9. The average molecular weight is 507 g/mol. The number of likely N-dealkylation sites (N-methyl/N-ethyl adjacent to an activating group) is 1. The smallest absolute Gasteiger partial charge is 0.425 e. The Bertz CT molecular complexity index is 988. The van der Waals surface area contributed by atoms with Gasteiger partial charge in [-0.2, -0.15) is 13.2 Å². The molecule has 1 saturated heterocycles. The molecule has 0 spiro atoms. The van der Waals surface area contributed by atoms with Crippen LogP contribution in [0.3, 0.4) is 0 Å². The van der Waals surface area contributed by atoms with Crippen LogP contribution in [-0.2, 0) is 19.1 Å². The van der Waals surface area contributed by atoms with Crippen LogP contribution in [-0.4, -0.2) is 61.5 Å². The van der Waals surface area contributed by atoms with Crippen molar-refractivity contribution in [2.24, 2.45) is 5.92 Å². The molecule has 0 aromatic heterocycles. The van der Waals surface area contributed by atoms with E-state index in [1.54, 1.807) is 0 Å². The Balaban J connectivity index is 2.25. The van der Waals surface area contributed by atoms with Gasteiger partial charge in [-0.3, -0.25) is 24.5 Å². The SMILES string of the molecule is CNC(=O)C(=O)[C@H](C[C@@H]1CCNC1=O)NC(=O)c1cc(Cl)ccc1NC(=O)OC(C)C(F)(F)F. The second-order valence-corrected chi connectivity index (χ2v) is 7.82. The Labute approximate surface area is 196 Å². The maximum Gasteiger partial charge on any atom is 0.425 e. The van der Waals surface area contributed by atoms with Crippen LogP contribution in [0.15, 0.2) is 18.2 Å². The number of anilines is 1. The molecule has 14 heteroatoms. The number of halogens is 4. The first-order valence-electron chi connectivity index (χ1n) is 10.0. The van der Waals surface area contributed by atoms with Crippen LogP contribution in [0.1, 0.15) is 30.1 Å².